The zero-order chi connectivity index (χ0) is 7.11. The van der Waals surface area contributed by atoms with Crippen molar-refractivity contribution in [2.75, 3.05) is 19.3 Å². The molecule has 0 aromatic carbocycles. The summed E-state index contributed by atoms with van der Waals surface area (Å²) in [6.07, 6.45) is 2.09. The van der Waals surface area contributed by atoms with Gasteiger partial charge in [-0.1, -0.05) is 13.8 Å². The summed E-state index contributed by atoms with van der Waals surface area (Å²) in [7, 11) is 0. The van der Waals surface area contributed by atoms with Gasteiger partial charge in [-0.25, -0.2) is 0 Å². The Kier molecular flexibility index (Phi) is 6.58. The van der Waals surface area contributed by atoms with Crippen LogP contribution in [0, 0.1) is 0 Å². The molecule has 0 aromatic heterocycles. The summed E-state index contributed by atoms with van der Waals surface area (Å²) < 4.78 is 0. The van der Waals surface area contributed by atoms with E-state index in [1.807, 2.05) is 0 Å². The predicted octanol–water partition coefficient (Wildman–Crippen LogP) is 0.852. The van der Waals surface area contributed by atoms with Crippen LogP contribution >= 0.6 is 11.8 Å². The summed E-state index contributed by atoms with van der Waals surface area (Å²) in [6, 6.07) is 0. The Labute approximate surface area is 61.8 Å². The Morgan fingerprint density at radius 2 is 1.67 bits per heavy atom. The van der Waals surface area contributed by atoms with Gasteiger partial charge < -0.3 is 0 Å². The van der Waals surface area contributed by atoms with Crippen molar-refractivity contribution in [2.24, 2.45) is 0 Å². The maximum atomic E-state index is 3.29. The first kappa shape index (κ1) is 9.27. The first-order valence-electron chi connectivity index (χ1n) is 3.34. The predicted molar refractivity (Wildman–Crippen MR) is 44.7 cm³/mol. The van der Waals surface area contributed by atoms with Gasteiger partial charge in [-0.3, -0.25) is 10.6 Å². The number of rotatable bonds is 5. The molecule has 0 spiro atoms. The summed E-state index contributed by atoms with van der Waals surface area (Å²) in [6.45, 7) is 6.28. The molecule has 0 amide bonds. The molecule has 0 unspecified atom stereocenters. The van der Waals surface area contributed by atoms with Crippen molar-refractivity contribution >= 4 is 11.8 Å². The lowest BCUT2D eigenvalue weighted by Gasteiger charge is -2.14. The lowest BCUT2D eigenvalue weighted by atomic mass is 10.7. The molecule has 0 aromatic rings. The molecule has 0 heterocycles. The van der Waals surface area contributed by atoms with Gasteiger partial charge in [0.1, 0.15) is 5.50 Å². The zero-order valence-electron chi connectivity index (χ0n) is 6.40. The van der Waals surface area contributed by atoms with Crippen LogP contribution in [0.25, 0.3) is 0 Å². The third-order valence-electron chi connectivity index (χ3n) is 1.01. The van der Waals surface area contributed by atoms with Crippen LogP contribution in [0.5, 0.6) is 0 Å². The van der Waals surface area contributed by atoms with Crippen molar-refractivity contribution in [1.29, 1.82) is 0 Å². The highest BCUT2D eigenvalue weighted by Gasteiger charge is 1.98. The molecule has 0 atom stereocenters. The van der Waals surface area contributed by atoms with E-state index in [0.29, 0.717) is 5.50 Å². The third-order valence-corrected chi connectivity index (χ3v) is 1.82. The molecule has 0 radical (unpaired) electrons. The average molecular weight is 148 g/mol. The molecular weight excluding hydrogens is 132 g/mol. The molecule has 9 heavy (non-hydrogen) atoms. The van der Waals surface area contributed by atoms with Gasteiger partial charge in [-0.2, -0.15) is 0 Å². The van der Waals surface area contributed by atoms with Crippen molar-refractivity contribution in [3.8, 4) is 0 Å². The fourth-order valence-corrected chi connectivity index (χ4v) is 1.28. The molecule has 0 saturated carbocycles. The van der Waals surface area contributed by atoms with Gasteiger partial charge in [0.2, 0.25) is 0 Å². The van der Waals surface area contributed by atoms with Gasteiger partial charge >= 0.3 is 0 Å². The molecule has 3 heteroatoms. The zero-order valence-corrected chi connectivity index (χ0v) is 7.22. The average Bonchev–Trinajstić information content (AvgIpc) is 1.88. The van der Waals surface area contributed by atoms with Gasteiger partial charge in [-0.15, -0.1) is 11.8 Å². The van der Waals surface area contributed by atoms with Crippen LogP contribution in [-0.4, -0.2) is 24.8 Å². The van der Waals surface area contributed by atoms with E-state index >= 15 is 0 Å². The van der Waals surface area contributed by atoms with Crippen LogP contribution in [-0.2, 0) is 0 Å². The minimum Gasteiger partial charge on any atom is -0.294 e. The second kappa shape index (κ2) is 6.39. The number of hydrogen-bond donors (Lipinski definition) is 2. The Bertz CT molecular complexity index is 53.0. The van der Waals surface area contributed by atoms with E-state index < -0.39 is 0 Å². The van der Waals surface area contributed by atoms with E-state index in [9.17, 15) is 0 Å². The largest absolute Gasteiger partial charge is 0.294 e. The topological polar surface area (TPSA) is 24.1 Å². The van der Waals surface area contributed by atoms with Crippen LogP contribution in [0.15, 0.2) is 0 Å². The van der Waals surface area contributed by atoms with Gasteiger partial charge in [0.15, 0.2) is 0 Å². The van der Waals surface area contributed by atoms with E-state index in [4.69, 9.17) is 0 Å². The van der Waals surface area contributed by atoms with Crippen molar-refractivity contribution in [3.63, 3.8) is 0 Å². The van der Waals surface area contributed by atoms with Crippen molar-refractivity contribution < 1.29 is 0 Å². The highest BCUT2D eigenvalue weighted by Crippen LogP contribution is 1.96. The van der Waals surface area contributed by atoms with Gasteiger partial charge in [-0.05, 0) is 19.3 Å². The molecule has 0 aliphatic heterocycles. The smallest absolute Gasteiger partial charge is 0.105 e. The monoisotopic (exact) mass is 148 g/mol. The maximum absolute atomic E-state index is 3.29. The van der Waals surface area contributed by atoms with Crippen molar-refractivity contribution in [3.05, 3.63) is 0 Å². The normalized spacial score (nSPS) is 10.7. The van der Waals surface area contributed by atoms with Crippen LogP contribution in [0.3, 0.4) is 0 Å². The Morgan fingerprint density at radius 3 is 1.89 bits per heavy atom. The van der Waals surface area contributed by atoms with E-state index in [1.54, 1.807) is 11.8 Å². The minimum atomic E-state index is 0.431. The quantitative estimate of drug-likeness (QED) is 0.565. The summed E-state index contributed by atoms with van der Waals surface area (Å²) in [4.78, 5) is 0. The lowest BCUT2D eigenvalue weighted by molar-refractivity contribution is 0.574. The molecule has 0 bridgehead atoms. The third kappa shape index (κ3) is 4.75. The first-order valence-corrected chi connectivity index (χ1v) is 4.63. The highest BCUT2D eigenvalue weighted by molar-refractivity contribution is 7.99. The fraction of sp³-hybridized carbons (Fsp3) is 1.00. The molecule has 0 saturated heterocycles. The van der Waals surface area contributed by atoms with E-state index in [-0.39, 0.29) is 0 Å². The standard InChI is InChI=1S/C6H16N2S/c1-4-7-6(9-3)8-5-2/h6-8H,4-5H2,1-3H3. The Morgan fingerprint density at radius 1 is 1.22 bits per heavy atom. The molecule has 0 rings (SSSR count). The lowest BCUT2D eigenvalue weighted by Crippen LogP contribution is -2.38. The number of hydrogen-bond acceptors (Lipinski definition) is 3. The maximum Gasteiger partial charge on any atom is 0.105 e. The van der Waals surface area contributed by atoms with Gasteiger partial charge in [0, 0.05) is 0 Å². The van der Waals surface area contributed by atoms with Gasteiger partial charge in [0.05, 0.1) is 0 Å². The second-order valence-corrected chi connectivity index (χ2v) is 2.67. The number of thioether (sulfide) groups is 1. The minimum absolute atomic E-state index is 0.431. The fourth-order valence-electron chi connectivity index (χ4n) is 0.610. The second-order valence-electron chi connectivity index (χ2n) is 1.73. The molecule has 2 nitrogen and oxygen atoms in total. The molecule has 0 aliphatic carbocycles. The highest BCUT2D eigenvalue weighted by atomic mass is 32.2. The molecule has 2 N–H and O–H groups in total. The number of nitrogens with one attached hydrogen (secondary N) is 2. The van der Waals surface area contributed by atoms with Crippen LogP contribution in [0.4, 0.5) is 0 Å². The molecule has 56 valence electrons. The van der Waals surface area contributed by atoms with Crippen LogP contribution in [0.1, 0.15) is 13.8 Å². The van der Waals surface area contributed by atoms with E-state index in [0.717, 1.165) is 13.1 Å². The summed E-state index contributed by atoms with van der Waals surface area (Å²) in [5.74, 6) is 0. The summed E-state index contributed by atoms with van der Waals surface area (Å²) in [5, 5.41) is 6.57. The SMILES string of the molecule is CCNC(NCC)SC. The summed E-state index contributed by atoms with van der Waals surface area (Å²) in [5.41, 5.74) is 0.431. The summed E-state index contributed by atoms with van der Waals surface area (Å²) >= 11 is 1.80. The van der Waals surface area contributed by atoms with Crippen LogP contribution < -0.4 is 10.6 Å². The van der Waals surface area contributed by atoms with Crippen molar-refractivity contribution in [2.45, 2.75) is 19.3 Å². The van der Waals surface area contributed by atoms with E-state index in [1.165, 1.54) is 0 Å². The first-order chi connectivity index (χ1) is 4.35. The van der Waals surface area contributed by atoms with Gasteiger partial charge in [0.25, 0.3) is 0 Å². The Hall–Kier alpha value is 0.270. The molecule has 0 fully saturated rings. The van der Waals surface area contributed by atoms with Crippen molar-refractivity contribution in [1.82, 2.24) is 10.6 Å². The Balaban J connectivity index is 3.18. The van der Waals surface area contributed by atoms with Crippen LogP contribution in [0.2, 0.25) is 0 Å². The van der Waals surface area contributed by atoms with E-state index in [2.05, 4.69) is 30.7 Å². The molecular formula is C6H16N2S. The molecule has 0 aliphatic rings.